The van der Waals surface area contributed by atoms with Gasteiger partial charge < -0.3 is 14.4 Å². The van der Waals surface area contributed by atoms with E-state index in [1.807, 2.05) is 0 Å². The van der Waals surface area contributed by atoms with E-state index in [2.05, 4.69) is 56.0 Å². The van der Waals surface area contributed by atoms with Crippen LogP contribution in [0.15, 0.2) is 30.3 Å². The summed E-state index contributed by atoms with van der Waals surface area (Å²) in [6.07, 6.45) is 33.9. The van der Waals surface area contributed by atoms with E-state index in [0.717, 1.165) is 77.4 Å². The Bertz CT molecular complexity index is 878. The summed E-state index contributed by atoms with van der Waals surface area (Å²) in [5.74, 6) is 0.649. The van der Waals surface area contributed by atoms with Crippen molar-refractivity contribution >= 4 is 11.9 Å². The number of unbranched alkanes of at least 4 members (excludes halogenated alkanes) is 18. The van der Waals surface area contributed by atoms with Crippen LogP contribution in [0.2, 0.25) is 0 Å². The van der Waals surface area contributed by atoms with E-state index >= 15 is 0 Å². The molecule has 0 aliphatic heterocycles. The maximum absolute atomic E-state index is 12.5. The highest BCUT2D eigenvalue weighted by Gasteiger charge is 2.13. The molecule has 0 saturated heterocycles. The Kier molecular flexibility index (Phi) is 33.7. The van der Waals surface area contributed by atoms with Crippen LogP contribution >= 0.6 is 0 Å². The summed E-state index contributed by atoms with van der Waals surface area (Å²) in [5, 5.41) is 0. The number of rotatable bonds is 38. The SMILES string of the molecule is CCCCCCCCCCCOC(=O)CCCCCN(CCCCCOC(=O)CCC(CCCCCC)CCCCCC)CCc1ccccc1. The number of nitrogens with zero attached hydrogens (tertiary/aromatic N) is 1. The lowest BCUT2D eigenvalue weighted by molar-refractivity contribution is -0.145. The Morgan fingerprint density at radius 2 is 0.941 bits per heavy atom. The number of ether oxygens (including phenoxy) is 2. The van der Waals surface area contributed by atoms with Crippen molar-refractivity contribution in [1.29, 1.82) is 0 Å². The summed E-state index contributed by atoms with van der Waals surface area (Å²) in [5.41, 5.74) is 1.38. The molecule has 5 heteroatoms. The fraction of sp³-hybridized carbons (Fsp3) is 0.826. The third-order valence-electron chi connectivity index (χ3n) is 10.5. The second kappa shape index (κ2) is 36.5. The van der Waals surface area contributed by atoms with Gasteiger partial charge in [-0.3, -0.25) is 9.59 Å². The van der Waals surface area contributed by atoms with Crippen LogP contribution < -0.4 is 0 Å². The van der Waals surface area contributed by atoms with Crippen LogP contribution in [0.4, 0.5) is 0 Å². The van der Waals surface area contributed by atoms with Crippen molar-refractivity contribution in [2.75, 3.05) is 32.8 Å². The molecule has 0 amide bonds. The highest BCUT2D eigenvalue weighted by atomic mass is 16.5. The van der Waals surface area contributed by atoms with Crippen LogP contribution in [-0.4, -0.2) is 49.7 Å². The average molecular weight is 714 g/mol. The van der Waals surface area contributed by atoms with Gasteiger partial charge in [-0.15, -0.1) is 0 Å². The van der Waals surface area contributed by atoms with Crippen LogP contribution in [0, 0.1) is 5.92 Å². The van der Waals surface area contributed by atoms with Gasteiger partial charge in [0, 0.05) is 19.4 Å². The molecule has 0 spiro atoms. The summed E-state index contributed by atoms with van der Waals surface area (Å²) in [6.45, 7) is 11.1. The molecule has 0 heterocycles. The molecule has 296 valence electrons. The van der Waals surface area contributed by atoms with Crippen LogP contribution in [0.25, 0.3) is 0 Å². The van der Waals surface area contributed by atoms with E-state index in [0.29, 0.717) is 32.0 Å². The number of benzene rings is 1. The predicted octanol–water partition coefficient (Wildman–Crippen LogP) is 13.2. The molecule has 1 aromatic rings. The van der Waals surface area contributed by atoms with E-state index in [1.165, 1.54) is 121 Å². The monoisotopic (exact) mass is 714 g/mol. The highest BCUT2D eigenvalue weighted by molar-refractivity contribution is 5.69. The number of esters is 2. The smallest absolute Gasteiger partial charge is 0.305 e. The van der Waals surface area contributed by atoms with Gasteiger partial charge in [-0.05, 0) is 75.9 Å². The molecule has 0 atom stereocenters. The number of hydrogen-bond acceptors (Lipinski definition) is 5. The second-order valence-corrected chi connectivity index (χ2v) is 15.3. The zero-order valence-electron chi connectivity index (χ0n) is 34.1. The van der Waals surface area contributed by atoms with Gasteiger partial charge in [0.1, 0.15) is 0 Å². The topological polar surface area (TPSA) is 55.8 Å². The van der Waals surface area contributed by atoms with E-state index in [9.17, 15) is 9.59 Å². The predicted molar refractivity (Wildman–Crippen MR) is 218 cm³/mol. The third-order valence-corrected chi connectivity index (χ3v) is 10.5. The Hall–Kier alpha value is -1.88. The number of carbonyl (C=O) groups is 2. The molecule has 1 rings (SSSR count). The molecule has 0 bridgehead atoms. The van der Waals surface area contributed by atoms with Crippen molar-refractivity contribution in [3.63, 3.8) is 0 Å². The van der Waals surface area contributed by atoms with Crippen LogP contribution in [0.5, 0.6) is 0 Å². The van der Waals surface area contributed by atoms with Crippen LogP contribution in [0.1, 0.15) is 206 Å². The maximum Gasteiger partial charge on any atom is 0.305 e. The average Bonchev–Trinajstić information content (AvgIpc) is 3.14. The minimum absolute atomic E-state index is 0.000941. The van der Waals surface area contributed by atoms with Crippen molar-refractivity contribution in [2.24, 2.45) is 5.92 Å². The molecule has 0 aliphatic carbocycles. The summed E-state index contributed by atoms with van der Waals surface area (Å²) < 4.78 is 11.2. The number of hydrogen-bond donors (Lipinski definition) is 0. The van der Waals surface area contributed by atoms with Gasteiger partial charge in [-0.1, -0.05) is 173 Å². The molecule has 0 radical (unpaired) electrons. The Morgan fingerprint density at radius 3 is 1.49 bits per heavy atom. The van der Waals surface area contributed by atoms with Gasteiger partial charge in [0.25, 0.3) is 0 Å². The lowest BCUT2D eigenvalue weighted by Gasteiger charge is -2.22. The standard InChI is InChI=1S/C46H83NO4/c1-4-7-10-13-14-15-16-17-28-41-50-45(48)34-25-19-26-38-47(40-37-44-32-23-18-24-33-44)39-27-20-29-42-51-46(49)36-35-43(30-21-11-8-5-2)31-22-12-9-6-3/h18,23-24,32-33,43H,4-17,19-22,25-31,34-42H2,1-3H3. The molecule has 0 fully saturated rings. The molecule has 5 nitrogen and oxygen atoms in total. The first kappa shape index (κ1) is 47.1. The van der Waals surface area contributed by atoms with E-state index in [1.54, 1.807) is 0 Å². The van der Waals surface area contributed by atoms with Crippen molar-refractivity contribution in [2.45, 2.75) is 207 Å². The summed E-state index contributed by atoms with van der Waals surface area (Å²) in [6, 6.07) is 10.8. The van der Waals surface area contributed by atoms with Crippen molar-refractivity contribution in [3.05, 3.63) is 35.9 Å². The van der Waals surface area contributed by atoms with Gasteiger partial charge in [0.15, 0.2) is 0 Å². The van der Waals surface area contributed by atoms with Crippen LogP contribution in [-0.2, 0) is 25.5 Å². The fourth-order valence-electron chi connectivity index (χ4n) is 7.07. The quantitative estimate of drug-likeness (QED) is 0.0504. The van der Waals surface area contributed by atoms with E-state index < -0.39 is 0 Å². The first-order valence-corrected chi connectivity index (χ1v) is 22.2. The largest absolute Gasteiger partial charge is 0.466 e. The summed E-state index contributed by atoms with van der Waals surface area (Å²) in [7, 11) is 0. The lowest BCUT2D eigenvalue weighted by Crippen LogP contribution is -2.28. The summed E-state index contributed by atoms with van der Waals surface area (Å²) >= 11 is 0. The third kappa shape index (κ3) is 31.4. The fourth-order valence-corrected chi connectivity index (χ4v) is 7.07. The Morgan fingerprint density at radius 1 is 0.490 bits per heavy atom. The Balaban J connectivity index is 2.24. The molecular weight excluding hydrogens is 631 g/mol. The number of carbonyl (C=O) groups excluding carboxylic acids is 2. The minimum atomic E-state index is -0.0270. The Labute approximate surface area is 316 Å². The van der Waals surface area contributed by atoms with Gasteiger partial charge in [0.05, 0.1) is 13.2 Å². The highest BCUT2D eigenvalue weighted by Crippen LogP contribution is 2.23. The first-order valence-electron chi connectivity index (χ1n) is 22.2. The molecule has 0 aliphatic rings. The van der Waals surface area contributed by atoms with E-state index in [4.69, 9.17) is 9.47 Å². The molecule has 1 aromatic carbocycles. The van der Waals surface area contributed by atoms with Crippen molar-refractivity contribution in [1.82, 2.24) is 4.90 Å². The maximum atomic E-state index is 12.5. The van der Waals surface area contributed by atoms with Crippen LogP contribution in [0.3, 0.4) is 0 Å². The van der Waals surface area contributed by atoms with Gasteiger partial charge in [-0.25, -0.2) is 0 Å². The second-order valence-electron chi connectivity index (χ2n) is 15.3. The summed E-state index contributed by atoms with van der Waals surface area (Å²) in [4.78, 5) is 27.4. The first-order chi connectivity index (χ1) is 25.1. The van der Waals surface area contributed by atoms with E-state index in [-0.39, 0.29) is 11.9 Å². The lowest BCUT2D eigenvalue weighted by atomic mass is 9.90. The molecule has 0 saturated carbocycles. The normalized spacial score (nSPS) is 11.5. The molecular formula is C46H83NO4. The minimum Gasteiger partial charge on any atom is -0.466 e. The van der Waals surface area contributed by atoms with Gasteiger partial charge in [0.2, 0.25) is 0 Å². The van der Waals surface area contributed by atoms with Crippen molar-refractivity contribution < 1.29 is 19.1 Å². The molecule has 0 aromatic heterocycles. The zero-order valence-corrected chi connectivity index (χ0v) is 34.1. The van der Waals surface area contributed by atoms with Gasteiger partial charge in [-0.2, -0.15) is 0 Å². The molecule has 0 unspecified atom stereocenters. The van der Waals surface area contributed by atoms with Crippen molar-refractivity contribution in [3.8, 4) is 0 Å². The zero-order chi connectivity index (χ0) is 36.9. The molecule has 51 heavy (non-hydrogen) atoms. The molecule has 0 N–H and O–H groups in total. The van der Waals surface area contributed by atoms with Gasteiger partial charge >= 0.3 is 11.9 Å².